The number of aromatic carboxylic acids is 1. The molecule has 2 aromatic heterocycles. The molecule has 0 spiro atoms. The van der Waals surface area contributed by atoms with Crippen molar-refractivity contribution in [3.05, 3.63) is 57.4 Å². The lowest BCUT2D eigenvalue weighted by Gasteiger charge is -2.41. The SMILES string of the molecule is CC1CCC(P(C)N(CC2CCOCC2)c2cc(-c3ccc(C#Cc4cscn4)cc3)sc2C(=O)O)CC1. The first kappa shape index (κ1) is 27.3. The van der Waals surface area contributed by atoms with Gasteiger partial charge in [0.2, 0.25) is 0 Å². The fourth-order valence-corrected chi connectivity index (χ4v) is 9.36. The van der Waals surface area contributed by atoms with E-state index in [9.17, 15) is 9.90 Å². The first-order valence-corrected chi connectivity index (χ1v) is 17.0. The zero-order valence-corrected chi connectivity index (χ0v) is 24.6. The number of aromatic nitrogens is 1. The van der Waals surface area contributed by atoms with Gasteiger partial charge in [0.05, 0.1) is 11.2 Å². The normalized spacial score (nSPS) is 20.9. The molecule has 1 aliphatic carbocycles. The fourth-order valence-electron chi connectivity index (χ4n) is 5.38. The molecule has 0 radical (unpaired) electrons. The molecule has 8 heteroatoms. The molecule has 1 atom stereocenters. The summed E-state index contributed by atoms with van der Waals surface area (Å²) < 4.78 is 8.13. The largest absolute Gasteiger partial charge is 0.477 e. The Hall–Kier alpha value is -2.23. The highest BCUT2D eigenvalue weighted by Gasteiger charge is 2.32. The summed E-state index contributed by atoms with van der Waals surface area (Å²) in [5, 5.41) is 12.2. The second-order valence-corrected chi connectivity index (χ2v) is 14.6. The summed E-state index contributed by atoms with van der Waals surface area (Å²) in [6.07, 6.45) is 7.14. The molecule has 3 heterocycles. The number of thiazole rings is 1. The van der Waals surface area contributed by atoms with Crippen molar-refractivity contribution in [2.45, 2.75) is 51.1 Å². The van der Waals surface area contributed by atoms with Crippen LogP contribution >= 0.6 is 30.7 Å². The Morgan fingerprint density at radius 3 is 2.53 bits per heavy atom. The van der Waals surface area contributed by atoms with Crippen LogP contribution in [0.25, 0.3) is 10.4 Å². The minimum absolute atomic E-state index is 0.456. The molecule has 1 aliphatic heterocycles. The van der Waals surface area contributed by atoms with Crippen molar-refractivity contribution in [1.82, 2.24) is 4.98 Å². The van der Waals surface area contributed by atoms with Gasteiger partial charge in [0.1, 0.15) is 10.6 Å². The van der Waals surface area contributed by atoms with E-state index in [1.54, 1.807) is 5.51 Å². The summed E-state index contributed by atoms with van der Waals surface area (Å²) in [6.45, 7) is 7.27. The highest BCUT2D eigenvalue weighted by atomic mass is 32.1. The second kappa shape index (κ2) is 12.7. The number of hydrogen-bond acceptors (Lipinski definition) is 6. The van der Waals surface area contributed by atoms with Crippen LogP contribution in [0.5, 0.6) is 0 Å². The summed E-state index contributed by atoms with van der Waals surface area (Å²) in [5.41, 5.74) is 6.07. The van der Waals surface area contributed by atoms with Crippen LogP contribution < -0.4 is 4.67 Å². The Bertz CT molecular complexity index is 1270. The van der Waals surface area contributed by atoms with Gasteiger partial charge in [-0.3, -0.25) is 0 Å². The number of ether oxygens (including phenoxy) is 1. The molecule has 1 saturated carbocycles. The van der Waals surface area contributed by atoms with E-state index >= 15 is 0 Å². The van der Waals surface area contributed by atoms with E-state index < -0.39 is 14.0 Å². The Kier molecular flexibility index (Phi) is 9.17. The third-order valence-corrected chi connectivity index (χ3v) is 12.2. The molecule has 200 valence electrons. The molecule has 1 aromatic carbocycles. The monoisotopic (exact) mass is 566 g/mol. The molecular formula is C30H35N2O3PS2. The van der Waals surface area contributed by atoms with E-state index in [1.165, 1.54) is 48.4 Å². The van der Waals surface area contributed by atoms with E-state index in [4.69, 9.17) is 4.74 Å². The van der Waals surface area contributed by atoms with Gasteiger partial charge in [0.15, 0.2) is 0 Å². The van der Waals surface area contributed by atoms with Gasteiger partial charge in [-0.05, 0) is 87.6 Å². The number of nitrogens with zero attached hydrogens (tertiary/aromatic N) is 2. The van der Waals surface area contributed by atoms with E-state index in [0.717, 1.165) is 65.9 Å². The van der Waals surface area contributed by atoms with Crippen molar-refractivity contribution in [1.29, 1.82) is 0 Å². The lowest BCUT2D eigenvalue weighted by Crippen LogP contribution is -2.33. The van der Waals surface area contributed by atoms with Crippen LogP contribution in [-0.4, -0.2) is 48.1 Å². The molecule has 1 unspecified atom stereocenters. The number of rotatable bonds is 7. The maximum absolute atomic E-state index is 12.5. The van der Waals surface area contributed by atoms with E-state index in [-0.39, 0.29) is 0 Å². The van der Waals surface area contributed by atoms with Crippen LogP contribution in [0.1, 0.15) is 66.4 Å². The summed E-state index contributed by atoms with van der Waals surface area (Å²) in [6, 6.07) is 10.2. The van der Waals surface area contributed by atoms with Crippen LogP contribution in [0.3, 0.4) is 0 Å². The van der Waals surface area contributed by atoms with Crippen molar-refractivity contribution in [2.24, 2.45) is 11.8 Å². The lowest BCUT2D eigenvalue weighted by molar-refractivity contribution is 0.0685. The molecule has 1 saturated heterocycles. The lowest BCUT2D eigenvalue weighted by atomic mass is 9.91. The number of carboxylic acid groups (broad SMARTS) is 1. The smallest absolute Gasteiger partial charge is 0.348 e. The molecular weight excluding hydrogens is 531 g/mol. The van der Waals surface area contributed by atoms with Crippen molar-refractivity contribution >= 4 is 42.4 Å². The number of carbonyl (C=O) groups is 1. The zero-order valence-electron chi connectivity index (χ0n) is 22.1. The van der Waals surface area contributed by atoms with Gasteiger partial charge in [0.25, 0.3) is 0 Å². The van der Waals surface area contributed by atoms with Crippen LogP contribution in [0.2, 0.25) is 0 Å². The minimum atomic E-state index is -0.834. The van der Waals surface area contributed by atoms with Crippen molar-refractivity contribution in [2.75, 3.05) is 31.1 Å². The third kappa shape index (κ3) is 6.66. The number of hydrogen-bond donors (Lipinski definition) is 1. The second-order valence-electron chi connectivity index (χ2n) is 10.5. The molecule has 5 nitrogen and oxygen atoms in total. The maximum atomic E-state index is 12.5. The molecule has 3 aromatic rings. The average Bonchev–Trinajstić information content (AvgIpc) is 3.62. The Labute approximate surface area is 235 Å². The molecule has 2 aliphatic rings. The van der Waals surface area contributed by atoms with Crippen molar-refractivity contribution in [3.8, 4) is 22.3 Å². The first-order valence-electron chi connectivity index (χ1n) is 13.4. The van der Waals surface area contributed by atoms with Gasteiger partial charge in [-0.1, -0.05) is 37.8 Å². The molecule has 0 bridgehead atoms. The Morgan fingerprint density at radius 2 is 1.87 bits per heavy atom. The van der Waals surface area contributed by atoms with E-state index in [0.29, 0.717) is 16.5 Å². The van der Waals surface area contributed by atoms with Crippen molar-refractivity contribution < 1.29 is 14.6 Å². The number of anilines is 1. The first-order chi connectivity index (χ1) is 18.5. The van der Waals surface area contributed by atoms with Gasteiger partial charge in [-0.15, -0.1) is 22.7 Å². The van der Waals surface area contributed by atoms with Gasteiger partial charge in [0, 0.05) is 35.6 Å². The molecule has 1 N–H and O–H groups in total. The van der Waals surface area contributed by atoms with Crippen LogP contribution in [-0.2, 0) is 4.74 Å². The number of benzene rings is 1. The molecule has 2 fully saturated rings. The zero-order chi connectivity index (χ0) is 26.5. The predicted molar refractivity (Wildman–Crippen MR) is 160 cm³/mol. The van der Waals surface area contributed by atoms with E-state index in [2.05, 4.69) is 41.2 Å². The quantitative estimate of drug-likeness (QED) is 0.233. The summed E-state index contributed by atoms with van der Waals surface area (Å²) in [5.74, 6) is 6.76. The third-order valence-electron chi connectivity index (χ3n) is 7.79. The standard InChI is InChI=1S/C30H35N2O3PS2/c1-21-3-11-26(12-4-21)36(2)32(18-23-13-15-35-16-14-23)27-17-28(38-29(27)30(33)34)24-8-5-22(6-9-24)7-10-25-19-37-20-31-25/h5-6,8-9,17,19-21,23,26H,3-4,11-16,18H2,1-2H3,(H,33,34). The summed E-state index contributed by atoms with van der Waals surface area (Å²) in [7, 11) is -0.495. The highest BCUT2D eigenvalue weighted by molar-refractivity contribution is 7.59. The van der Waals surface area contributed by atoms with Gasteiger partial charge in [-0.2, -0.15) is 0 Å². The predicted octanol–water partition coefficient (Wildman–Crippen LogP) is 7.81. The Balaban J connectivity index is 1.43. The summed E-state index contributed by atoms with van der Waals surface area (Å²) >= 11 is 2.93. The molecule has 5 rings (SSSR count). The van der Waals surface area contributed by atoms with Gasteiger partial charge in [-0.25, -0.2) is 9.78 Å². The van der Waals surface area contributed by atoms with Gasteiger partial charge < -0.3 is 14.5 Å². The van der Waals surface area contributed by atoms with E-state index in [1.807, 2.05) is 29.6 Å². The fraction of sp³-hybridized carbons (Fsp3) is 0.467. The van der Waals surface area contributed by atoms with Crippen molar-refractivity contribution in [3.63, 3.8) is 0 Å². The highest BCUT2D eigenvalue weighted by Crippen LogP contribution is 2.53. The van der Waals surface area contributed by atoms with Crippen LogP contribution in [0.15, 0.2) is 41.2 Å². The molecule has 38 heavy (non-hydrogen) atoms. The average molecular weight is 567 g/mol. The number of thiophene rings is 1. The van der Waals surface area contributed by atoms with Crippen LogP contribution in [0.4, 0.5) is 5.69 Å². The minimum Gasteiger partial charge on any atom is -0.477 e. The van der Waals surface area contributed by atoms with Gasteiger partial charge >= 0.3 is 5.97 Å². The maximum Gasteiger partial charge on any atom is 0.348 e. The topological polar surface area (TPSA) is 62.7 Å². The Morgan fingerprint density at radius 1 is 1.13 bits per heavy atom. The molecule has 0 amide bonds. The number of carboxylic acids is 1. The summed E-state index contributed by atoms with van der Waals surface area (Å²) in [4.78, 5) is 18.2. The van der Waals surface area contributed by atoms with Crippen LogP contribution in [0, 0.1) is 23.7 Å².